The Labute approximate surface area is 157 Å². The lowest BCUT2D eigenvalue weighted by molar-refractivity contribution is 0.0977. The van der Waals surface area contributed by atoms with Crippen molar-refractivity contribution in [1.82, 2.24) is 10.0 Å². The monoisotopic (exact) mass is 389 g/mol. The van der Waals surface area contributed by atoms with Gasteiger partial charge in [0.2, 0.25) is 10.0 Å². The van der Waals surface area contributed by atoms with Gasteiger partial charge < -0.3 is 5.32 Å². The van der Waals surface area contributed by atoms with E-state index in [1.807, 2.05) is 30.3 Å². The highest BCUT2D eigenvalue weighted by Gasteiger charge is 2.19. The van der Waals surface area contributed by atoms with E-state index in [0.717, 1.165) is 11.3 Å². The zero-order valence-electron chi connectivity index (χ0n) is 14.2. The number of benzene rings is 2. The van der Waals surface area contributed by atoms with Crippen LogP contribution in [0.2, 0.25) is 0 Å². The SMILES string of the molecule is Cc1ccc(S(=O)(=O)NCc2ccccc2)cc1C(=O)NC1=NCCS1. The Hall–Kier alpha value is -2.16. The summed E-state index contributed by atoms with van der Waals surface area (Å²) < 4.78 is 27.7. The summed E-state index contributed by atoms with van der Waals surface area (Å²) in [4.78, 5) is 16.7. The molecule has 1 amide bonds. The van der Waals surface area contributed by atoms with Crippen molar-refractivity contribution in [2.45, 2.75) is 18.4 Å². The van der Waals surface area contributed by atoms with Gasteiger partial charge in [0.15, 0.2) is 5.17 Å². The number of amidine groups is 1. The third-order valence-corrected chi connectivity index (χ3v) is 6.17. The first-order valence-electron chi connectivity index (χ1n) is 8.08. The molecule has 0 atom stereocenters. The Balaban J connectivity index is 1.78. The molecule has 0 unspecified atom stereocenters. The molecule has 26 heavy (non-hydrogen) atoms. The van der Waals surface area contributed by atoms with E-state index >= 15 is 0 Å². The first kappa shape index (κ1) is 18.6. The summed E-state index contributed by atoms with van der Waals surface area (Å²) in [7, 11) is -3.72. The molecule has 1 heterocycles. The van der Waals surface area contributed by atoms with Crippen molar-refractivity contribution < 1.29 is 13.2 Å². The van der Waals surface area contributed by atoms with E-state index in [9.17, 15) is 13.2 Å². The number of sulfonamides is 1. The average Bonchev–Trinajstić information content (AvgIpc) is 3.14. The van der Waals surface area contributed by atoms with Crippen LogP contribution in [-0.4, -0.2) is 31.8 Å². The molecule has 1 aliphatic heterocycles. The molecule has 0 spiro atoms. The molecule has 1 aliphatic rings. The molecular weight excluding hydrogens is 370 g/mol. The number of nitrogens with zero attached hydrogens (tertiary/aromatic N) is 1. The van der Waals surface area contributed by atoms with Crippen LogP contribution < -0.4 is 10.0 Å². The molecule has 0 aromatic heterocycles. The molecule has 6 nitrogen and oxygen atoms in total. The summed E-state index contributed by atoms with van der Waals surface area (Å²) in [5.41, 5.74) is 1.88. The predicted octanol–water partition coefficient (Wildman–Crippen LogP) is 2.31. The fraction of sp³-hybridized carbons (Fsp3) is 0.222. The normalized spacial score (nSPS) is 14.1. The van der Waals surface area contributed by atoms with Crippen LogP contribution in [0.25, 0.3) is 0 Å². The average molecular weight is 390 g/mol. The number of aryl methyl sites for hydroxylation is 1. The molecule has 2 aromatic carbocycles. The van der Waals surface area contributed by atoms with E-state index in [4.69, 9.17) is 0 Å². The molecule has 3 rings (SSSR count). The number of hydrogen-bond donors (Lipinski definition) is 2. The number of rotatable bonds is 5. The maximum Gasteiger partial charge on any atom is 0.257 e. The summed E-state index contributed by atoms with van der Waals surface area (Å²) in [5, 5.41) is 3.31. The van der Waals surface area contributed by atoms with Gasteiger partial charge in [-0.1, -0.05) is 48.2 Å². The first-order valence-corrected chi connectivity index (χ1v) is 10.6. The van der Waals surface area contributed by atoms with Crippen molar-refractivity contribution in [2.75, 3.05) is 12.3 Å². The van der Waals surface area contributed by atoms with Gasteiger partial charge in [-0.05, 0) is 30.2 Å². The minimum absolute atomic E-state index is 0.0604. The number of carbonyl (C=O) groups is 1. The second kappa shape index (κ2) is 8.03. The van der Waals surface area contributed by atoms with Crippen molar-refractivity contribution in [3.05, 3.63) is 65.2 Å². The molecule has 0 aliphatic carbocycles. The van der Waals surface area contributed by atoms with Gasteiger partial charge in [-0.15, -0.1) is 0 Å². The number of nitrogens with one attached hydrogen (secondary N) is 2. The van der Waals surface area contributed by atoms with E-state index in [1.54, 1.807) is 13.0 Å². The zero-order chi connectivity index (χ0) is 18.6. The molecule has 2 aromatic rings. The van der Waals surface area contributed by atoms with Crippen LogP contribution in [0.4, 0.5) is 0 Å². The molecule has 136 valence electrons. The third-order valence-electron chi connectivity index (χ3n) is 3.88. The van der Waals surface area contributed by atoms with Gasteiger partial charge in [-0.2, -0.15) is 0 Å². The van der Waals surface area contributed by atoms with Crippen molar-refractivity contribution in [1.29, 1.82) is 0 Å². The molecule has 0 bridgehead atoms. The number of thioether (sulfide) groups is 1. The molecule has 0 saturated heterocycles. The largest absolute Gasteiger partial charge is 0.301 e. The Morgan fingerprint density at radius 1 is 1.19 bits per heavy atom. The van der Waals surface area contributed by atoms with Gasteiger partial charge in [0.1, 0.15) is 0 Å². The van der Waals surface area contributed by atoms with Gasteiger partial charge >= 0.3 is 0 Å². The lowest BCUT2D eigenvalue weighted by atomic mass is 10.1. The van der Waals surface area contributed by atoms with Gasteiger partial charge in [-0.25, -0.2) is 13.1 Å². The zero-order valence-corrected chi connectivity index (χ0v) is 15.9. The van der Waals surface area contributed by atoms with E-state index in [1.165, 1.54) is 23.9 Å². The number of amides is 1. The fourth-order valence-corrected chi connectivity index (χ4v) is 4.21. The minimum Gasteiger partial charge on any atom is -0.301 e. The quantitative estimate of drug-likeness (QED) is 0.821. The Kier molecular flexibility index (Phi) is 5.75. The molecule has 0 fully saturated rings. The standard InChI is InChI=1S/C18H19N3O3S2/c1-13-7-8-15(11-16(13)17(22)21-18-19-9-10-25-18)26(23,24)20-12-14-5-3-2-4-6-14/h2-8,11,20H,9-10,12H2,1H3,(H,19,21,22). The molecule has 0 radical (unpaired) electrons. The van der Waals surface area contributed by atoms with Crippen LogP contribution in [-0.2, 0) is 16.6 Å². The van der Waals surface area contributed by atoms with Crippen LogP contribution >= 0.6 is 11.8 Å². The topological polar surface area (TPSA) is 87.6 Å². The van der Waals surface area contributed by atoms with Crippen LogP contribution in [0.5, 0.6) is 0 Å². The maximum atomic E-state index is 12.6. The Morgan fingerprint density at radius 3 is 2.65 bits per heavy atom. The molecule has 0 saturated carbocycles. The summed E-state index contributed by atoms with van der Waals surface area (Å²) in [6.45, 7) is 2.63. The summed E-state index contributed by atoms with van der Waals surface area (Å²) in [6.07, 6.45) is 0. The second-order valence-electron chi connectivity index (χ2n) is 5.78. The van der Waals surface area contributed by atoms with Gasteiger partial charge in [0.05, 0.1) is 11.4 Å². The molecule has 2 N–H and O–H groups in total. The number of aliphatic imine (C=N–C) groups is 1. The second-order valence-corrected chi connectivity index (χ2v) is 8.63. The van der Waals surface area contributed by atoms with Gasteiger partial charge in [0, 0.05) is 17.9 Å². The summed E-state index contributed by atoms with van der Waals surface area (Å²) in [6, 6.07) is 13.8. The lowest BCUT2D eigenvalue weighted by Crippen LogP contribution is -2.29. The lowest BCUT2D eigenvalue weighted by Gasteiger charge is -2.11. The van der Waals surface area contributed by atoms with E-state index in [0.29, 0.717) is 22.8 Å². The number of hydrogen-bond acceptors (Lipinski definition) is 5. The molecular formula is C18H19N3O3S2. The van der Waals surface area contributed by atoms with E-state index in [-0.39, 0.29) is 17.3 Å². The maximum absolute atomic E-state index is 12.6. The Bertz CT molecular complexity index is 941. The first-order chi connectivity index (χ1) is 12.5. The van der Waals surface area contributed by atoms with Crippen LogP contribution in [0.3, 0.4) is 0 Å². The van der Waals surface area contributed by atoms with Crippen LogP contribution in [0.1, 0.15) is 21.5 Å². The van der Waals surface area contributed by atoms with E-state index in [2.05, 4.69) is 15.0 Å². The van der Waals surface area contributed by atoms with Crippen molar-refractivity contribution in [3.63, 3.8) is 0 Å². The molecule has 8 heteroatoms. The third kappa shape index (κ3) is 4.51. The highest BCUT2D eigenvalue weighted by atomic mass is 32.2. The van der Waals surface area contributed by atoms with Crippen LogP contribution in [0.15, 0.2) is 58.4 Å². The number of carbonyl (C=O) groups excluding carboxylic acids is 1. The Morgan fingerprint density at radius 2 is 1.96 bits per heavy atom. The van der Waals surface area contributed by atoms with Crippen molar-refractivity contribution in [3.8, 4) is 0 Å². The van der Waals surface area contributed by atoms with E-state index < -0.39 is 10.0 Å². The predicted molar refractivity (Wildman–Crippen MR) is 104 cm³/mol. The highest BCUT2D eigenvalue weighted by Crippen LogP contribution is 2.17. The highest BCUT2D eigenvalue weighted by molar-refractivity contribution is 8.14. The summed E-state index contributed by atoms with van der Waals surface area (Å²) in [5.74, 6) is 0.489. The smallest absolute Gasteiger partial charge is 0.257 e. The minimum atomic E-state index is -3.72. The van der Waals surface area contributed by atoms with Crippen molar-refractivity contribution in [2.24, 2.45) is 4.99 Å². The van der Waals surface area contributed by atoms with Crippen molar-refractivity contribution >= 4 is 32.9 Å². The fourth-order valence-electron chi connectivity index (χ4n) is 2.45. The van der Waals surface area contributed by atoms with Gasteiger partial charge in [0.25, 0.3) is 5.91 Å². The van der Waals surface area contributed by atoms with Gasteiger partial charge in [-0.3, -0.25) is 9.79 Å². The van der Waals surface area contributed by atoms with Crippen LogP contribution in [0, 0.1) is 6.92 Å². The summed E-state index contributed by atoms with van der Waals surface area (Å²) >= 11 is 1.47.